The fourth-order valence-corrected chi connectivity index (χ4v) is 3.07. The molecule has 1 unspecified atom stereocenters. The van der Waals surface area contributed by atoms with Crippen molar-refractivity contribution < 1.29 is 14.3 Å². The lowest BCUT2D eigenvalue weighted by Crippen LogP contribution is -2.41. The fourth-order valence-electron chi connectivity index (χ4n) is 2.88. The summed E-state index contributed by atoms with van der Waals surface area (Å²) in [4.78, 5) is 11.9. The van der Waals surface area contributed by atoms with Crippen LogP contribution in [0.2, 0.25) is 5.02 Å². The van der Waals surface area contributed by atoms with Gasteiger partial charge in [-0.15, -0.1) is 0 Å². The molecule has 3 rings (SSSR count). The fraction of sp³-hybridized carbons (Fsp3) is 0.188. The van der Waals surface area contributed by atoms with Gasteiger partial charge in [-0.3, -0.25) is 0 Å². The first-order valence-corrected chi connectivity index (χ1v) is 6.96. The highest BCUT2D eigenvalue weighted by Crippen LogP contribution is 2.41. The summed E-state index contributed by atoms with van der Waals surface area (Å²) in [6, 6.07) is 11.4. The maximum atomic E-state index is 13.9. The number of hydrogen-bond acceptors (Lipinski definition) is 2. The number of anilines is 1. The second-order valence-electron chi connectivity index (χ2n) is 5.11. The van der Waals surface area contributed by atoms with Crippen molar-refractivity contribution in [2.75, 3.05) is 5.32 Å². The van der Waals surface area contributed by atoms with Gasteiger partial charge in [0.15, 0.2) is 5.54 Å². The average Bonchev–Trinajstić information content (AvgIpc) is 2.81. The highest BCUT2D eigenvalue weighted by atomic mass is 35.5. The summed E-state index contributed by atoms with van der Waals surface area (Å²) in [5, 5.41) is 13.3. The Labute approximate surface area is 126 Å². The van der Waals surface area contributed by atoms with Crippen molar-refractivity contribution in [1.29, 1.82) is 0 Å². The Morgan fingerprint density at radius 2 is 2.05 bits per heavy atom. The molecule has 1 aliphatic rings. The number of hydrogen-bond donors (Lipinski definition) is 2. The van der Waals surface area contributed by atoms with Gasteiger partial charge in [-0.1, -0.05) is 29.8 Å². The van der Waals surface area contributed by atoms with Gasteiger partial charge >= 0.3 is 5.97 Å². The van der Waals surface area contributed by atoms with Crippen LogP contribution in [0.15, 0.2) is 42.5 Å². The van der Waals surface area contributed by atoms with Crippen LogP contribution in [0, 0.1) is 5.82 Å². The van der Waals surface area contributed by atoms with E-state index in [1.165, 1.54) is 12.1 Å². The van der Waals surface area contributed by atoms with Crippen molar-refractivity contribution >= 4 is 23.3 Å². The summed E-state index contributed by atoms with van der Waals surface area (Å²) in [7, 11) is 0. The van der Waals surface area contributed by atoms with Gasteiger partial charge in [-0.2, -0.15) is 0 Å². The minimum absolute atomic E-state index is 0.297. The Morgan fingerprint density at radius 1 is 1.29 bits per heavy atom. The number of benzene rings is 2. The van der Waals surface area contributed by atoms with Gasteiger partial charge in [0.1, 0.15) is 5.82 Å². The molecule has 108 valence electrons. The first-order chi connectivity index (χ1) is 10.0. The van der Waals surface area contributed by atoms with Crippen molar-refractivity contribution in [2.24, 2.45) is 0 Å². The van der Waals surface area contributed by atoms with E-state index >= 15 is 0 Å². The summed E-state index contributed by atoms with van der Waals surface area (Å²) < 4.78 is 13.9. The van der Waals surface area contributed by atoms with Gasteiger partial charge in [0, 0.05) is 10.7 Å². The number of carbonyl (C=O) groups is 1. The van der Waals surface area contributed by atoms with Crippen LogP contribution in [0.25, 0.3) is 0 Å². The van der Waals surface area contributed by atoms with E-state index in [-0.39, 0.29) is 5.82 Å². The van der Waals surface area contributed by atoms with Crippen molar-refractivity contribution in [2.45, 2.75) is 18.4 Å². The van der Waals surface area contributed by atoms with Crippen LogP contribution >= 0.6 is 11.6 Å². The van der Waals surface area contributed by atoms with Gasteiger partial charge in [-0.25, -0.2) is 9.18 Å². The molecule has 3 nitrogen and oxygen atoms in total. The van der Waals surface area contributed by atoms with E-state index in [1.807, 2.05) is 0 Å². The molecule has 2 aromatic carbocycles. The molecule has 0 spiro atoms. The molecule has 0 heterocycles. The summed E-state index contributed by atoms with van der Waals surface area (Å²) in [5.74, 6) is -1.38. The van der Waals surface area contributed by atoms with E-state index in [0.29, 0.717) is 34.7 Å². The highest BCUT2D eigenvalue weighted by Gasteiger charge is 2.46. The quantitative estimate of drug-likeness (QED) is 0.906. The Hall–Kier alpha value is -2.07. The third kappa shape index (κ3) is 2.25. The lowest BCUT2D eigenvalue weighted by Gasteiger charge is -2.28. The predicted molar refractivity (Wildman–Crippen MR) is 79.1 cm³/mol. The molecular weight excluding hydrogens is 293 g/mol. The Kier molecular flexibility index (Phi) is 3.33. The van der Waals surface area contributed by atoms with Crippen molar-refractivity contribution in [3.8, 4) is 0 Å². The van der Waals surface area contributed by atoms with Crippen molar-refractivity contribution in [3.63, 3.8) is 0 Å². The van der Waals surface area contributed by atoms with Crippen LogP contribution < -0.4 is 5.32 Å². The molecule has 2 aromatic rings. The molecule has 0 fully saturated rings. The van der Waals surface area contributed by atoms with Gasteiger partial charge in [0.25, 0.3) is 0 Å². The summed E-state index contributed by atoms with van der Waals surface area (Å²) in [6.07, 6.45) is 0.687. The SMILES string of the molecule is O=C(O)C1(Nc2cccc(Cl)c2)CCc2c(F)cccc21. The largest absolute Gasteiger partial charge is 0.479 e. The number of carboxylic acids is 1. The molecule has 0 saturated heterocycles. The van der Waals surface area contributed by atoms with Crippen LogP contribution in [-0.2, 0) is 16.8 Å². The molecule has 21 heavy (non-hydrogen) atoms. The maximum Gasteiger partial charge on any atom is 0.334 e. The van der Waals surface area contributed by atoms with Gasteiger partial charge in [-0.05, 0) is 48.2 Å². The number of halogens is 2. The molecule has 5 heteroatoms. The van der Waals surface area contributed by atoms with Gasteiger partial charge in [0.2, 0.25) is 0 Å². The molecule has 2 N–H and O–H groups in total. The zero-order valence-electron chi connectivity index (χ0n) is 11.1. The van der Waals surface area contributed by atoms with Crippen LogP contribution in [0.5, 0.6) is 0 Å². The third-order valence-corrected chi connectivity index (χ3v) is 4.11. The first kappa shape index (κ1) is 13.9. The minimum Gasteiger partial charge on any atom is -0.479 e. The van der Waals surface area contributed by atoms with E-state index in [4.69, 9.17) is 11.6 Å². The van der Waals surface area contributed by atoms with Crippen molar-refractivity contribution in [1.82, 2.24) is 0 Å². The van der Waals surface area contributed by atoms with Crippen molar-refractivity contribution in [3.05, 3.63) is 64.4 Å². The molecule has 0 bridgehead atoms. The maximum absolute atomic E-state index is 13.9. The highest BCUT2D eigenvalue weighted by molar-refractivity contribution is 6.30. The Bertz CT molecular complexity index is 719. The standard InChI is InChI=1S/C16H13ClFNO2/c17-10-3-1-4-11(9-10)19-16(15(20)21)8-7-12-13(16)5-2-6-14(12)18/h1-6,9,19H,7-8H2,(H,20,21). The number of carboxylic acid groups (broad SMARTS) is 1. The van der Waals surface area contributed by atoms with E-state index < -0.39 is 11.5 Å². The van der Waals surface area contributed by atoms with E-state index in [9.17, 15) is 14.3 Å². The molecule has 0 radical (unpaired) electrons. The number of aliphatic carboxylic acids is 1. The van der Waals surface area contributed by atoms with Crippen LogP contribution in [-0.4, -0.2) is 11.1 Å². The van der Waals surface area contributed by atoms with Gasteiger partial charge in [0.05, 0.1) is 0 Å². The number of fused-ring (bicyclic) bond motifs is 1. The van der Waals surface area contributed by atoms with E-state index in [0.717, 1.165) is 0 Å². The molecule has 0 aromatic heterocycles. The predicted octanol–water partition coefficient (Wildman–Crippen LogP) is 3.82. The van der Waals surface area contributed by atoms with Crippen LogP contribution in [0.1, 0.15) is 17.5 Å². The molecular formula is C16H13ClFNO2. The molecule has 1 atom stereocenters. The topological polar surface area (TPSA) is 49.3 Å². The third-order valence-electron chi connectivity index (χ3n) is 3.88. The Morgan fingerprint density at radius 3 is 2.76 bits per heavy atom. The second kappa shape index (κ2) is 5.04. The van der Waals surface area contributed by atoms with Gasteiger partial charge < -0.3 is 10.4 Å². The monoisotopic (exact) mass is 305 g/mol. The molecule has 0 saturated carbocycles. The second-order valence-corrected chi connectivity index (χ2v) is 5.55. The number of nitrogens with one attached hydrogen (secondary N) is 1. The van der Waals surface area contributed by atoms with E-state index in [2.05, 4.69) is 5.32 Å². The molecule has 0 amide bonds. The lowest BCUT2D eigenvalue weighted by atomic mass is 9.91. The average molecular weight is 306 g/mol. The Balaban J connectivity index is 2.08. The molecule has 0 aliphatic heterocycles. The summed E-state index contributed by atoms with van der Waals surface area (Å²) in [5.41, 5.74) is 0.230. The smallest absolute Gasteiger partial charge is 0.334 e. The number of rotatable bonds is 3. The molecule has 1 aliphatic carbocycles. The summed E-state index contributed by atoms with van der Waals surface area (Å²) >= 11 is 5.93. The normalized spacial score (nSPS) is 20.1. The zero-order valence-corrected chi connectivity index (χ0v) is 11.8. The van der Waals surface area contributed by atoms with Crippen LogP contribution in [0.3, 0.4) is 0 Å². The van der Waals surface area contributed by atoms with E-state index in [1.54, 1.807) is 30.3 Å². The summed E-state index contributed by atoms with van der Waals surface area (Å²) in [6.45, 7) is 0. The lowest BCUT2D eigenvalue weighted by molar-refractivity contribution is -0.142. The first-order valence-electron chi connectivity index (χ1n) is 6.58. The zero-order chi connectivity index (χ0) is 15.0. The minimum atomic E-state index is -1.32. The van der Waals surface area contributed by atoms with Crippen LogP contribution in [0.4, 0.5) is 10.1 Å².